The Balaban J connectivity index is 2.38. The van der Waals surface area contributed by atoms with E-state index in [1.807, 2.05) is 18.7 Å². The van der Waals surface area contributed by atoms with Crippen LogP contribution in [0.2, 0.25) is 0 Å². The lowest BCUT2D eigenvalue weighted by atomic mass is 10.3. The van der Waals surface area contributed by atoms with Crippen LogP contribution in [0.25, 0.3) is 0 Å². The molecule has 2 rings (SSSR count). The van der Waals surface area contributed by atoms with Gasteiger partial charge in [-0.3, -0.25) is 10.1 Å². The van der Waals surface area contributed by atoms with Gasteiger partial charge in [-0.1, -0.05) is 0 Å². The van der Waals surface area contributed by atoms with E-state index in [0.29, 0.717) is 32.1 Å². The van der Waals surface area contributed by atoms with Gasteiger partial charge in [0.15, 0.2) is 0 Å². The van der Waals surface area contributed by atoms with Gasteiger partial charge in [0.1, 0.15) is 6.33 Å². The molecule has 19 heavy (non-hydrogen) atoms. The van der Waals surface area contributed by atoms with E-state index in [1.54, 1.807) is 0 Å². The molecule has 0 bridgehead atoms. The third kappa shape index (κ3) is 3.08. The first kappa shape index (κ1) is 13.5. The summed E-state index contributed by atoms with van der Waals surface area (Å²) in [6, 6.07) is 0.0612. The van der Waals surface area contributed by atoms with Crippen molar-refractivity contribution in [2.45, 2.75) is 19.9 Å². The molecule has 0 radical (unpaired) electrons. The van der Waals surface area contributed by atoms with Gasteiger partial charge in [-0.05, 0) is 13.8 Å². The highest BCUT2D eigenvalue weighted by molar-refractivity contribution is 5.70. The summed E-state index contributed by atoms with van der Waals surface area (Å²) < 4.78 is 5.25. The number of rotatable bonds is 4. The maximum absolute atomic E-state index is 11.3. The molecule has 0 amide bonds. The number of nitrogens with one attached hydrogen (secondary N) is 1. The predicted octanol–water partition coefficient (Wildman–Crippen LogP) is 1.04. The lowest BCUT2D eigenvalue weighted by molar-refractivity contribution is -0.383. The third-order valence-electron chi connectivity index (χ3n) is 2.72. The fraction of sp³-hybridized carbons (Fsp3) is 0.636. The smallest absolute Gasteiger partial charge is 0.353 e. The van der Waals surface area contributed by atoms with Crippen LogP contribution >= 0.6 is 0 Å². The molecular formula is C11H17N5O3. The molecular weight excluding hydrogens is 250 g/mol. The van der Waals surface area contributed by atoms with E-state index in [4.69, 9.17) is 4.74 Å². The summed E-state index contributed by atoms with van der Waals surface area (Å²) in [5, 5.41) is 14.3. The van der Waals surface area contributed by atoms with Crippen molar-refractivity contribution in [3.8, 4) is 0 Å². The number of aromatic nitrogens is 2. The molecule has 1 aliphatic heterocycles. The summed E-state index contributed by atoms with van der Waals surface area (Å²) in [5.74, 6) is 0.614. The summed E-state index contributed by atoms with van der Waals surface area (Å²) in [6.45, 7) is 6.10. The van der Waals surface area contributed by atoms with Crippen LogP contribution in [-0.4, -0.2) is 47.2 Å². The lowest BCUT2D eigenvalue weighted by Gasteiger charge is -2.27. The van der Waals surface area contributed by atoms with Crippen molar-refractivity contribution in [3.05, 3.63) is 16.4 Å². The zero-order chi connectivity index (χ0) is 13.8. The highest BCUT2D eigenvalue weighted by Crippen LogP contribution is 2.32. The normalized spacial score (nSPS) is 15.6. The van der Waals surface area contributed by atoms with Gasteiger partial charge < -0.3 is 15.0 Å². The molecule has 8 nitrogen and oxygen atoms in total. The lowest BCUT2D eigenvalue weighted by Crippen LogP contribution is -2.37. The predicted molar refractivity (Wildman–Crippen MR) is 70.5 cm³/mol. The zero-order valence-electron chi connectivity index (χ0n) is 11.0. The largest absolute Gasteiger partial charge is 0.378 e. The molecule has 0 spiro atoms. The molecule has 0 saturated carbocycles. The molecule has 1 N–H and O–H groups in total. The third-order valence-corrected chi connectivity index (χ3v) is 2.72. The van der Waals surface area contributed by atoms with E-state index >= 15 is 0 Å². The van der Waals surface area contributed by atoms with Crippen molar-refractivity contribution >= 4 is 17.3 Å². The van der Waals surface area contributed by atoms with Gasteiger partial charge in [0.05, 0.1) is 18.1 Å². The van der Waals surface area contributed by atoms with Crippen LogP contribution in [0.3, 0.4) is 0 Å². The van der Waals surface area contributed by atoms with Crippen LogP contribution in [0.15, 0.2) is 6.33 Å². The Morgan fingerprint density at radius 2 is 2.11 bits per heavy atom. The van der Waals surface area contributed by atoms with Gasteiger partial charge in [0.2, 0.25) is 11.6 Å². The Morgan fingerprint density at radius 1 is 1.42 bits per heavy atom. The number of morpholine rings is 1. The molecule has 1 saturated heterocycles. The number of nitrogens with zero attached hydrogens (tertiary/aromatic N) is 4. The average Bonchev–Trinajstić information content (AvgIpc) is 2.38. The van der Waals surface area contributed by atoms with Crippen molar-refractivity contribution < 1.29 is 9.66 Å². The van der Waals surface area contributed by atoms with E-state index in [1.165, 1.54) is 6.33 Å². The van der Waals surface area contributed by atoms with Crippen molar-refractivity contribution in [1.82, 2.24) is 9.97 Å². The number of hydrogen-bond donors (Lipinski definition) is 1. The molecule has 1 aromatic rings. The van der Waals surface area contributed by atoms with E-state index in [-0.39, 0.29) is 17.5 Å². The standard InChI is InChI=1S/C11H17N5O3/c1-8(2)14-10-9(16(17)18)11(13-7-12-10)15-3-5-19-6-4-15/h7-8H,3-6H2,1-2H3,(H,12,13,14). The fourth-order valence-electron chi connectivity index (χ4n) is 1.92. The first-order valence-corrected chi connectivity index (χ1v) is 6.18. The van der Waals surface area contributed by atoms with Gasteiger partial charge in [-0.2, -0.15) is 0 Å². The van der Waals surface area contributed by atoms with Crippen LogP contribution in [0.4, 0.5) is 17.3 Å². The van der Waals surface area contributed by atoms with Gasteiger partial charge >= 0.3 is 5.69 Å². The SMILES string of the molecule is CC(C)Nc1ncnc(N2CCOCC2)c1[N+](=O)[O-]. The quantitative estimate of drug-likeness (QED) is 0.643. The molecule has 0 aromatic carbocycles. The van der Waals surface area contributed by atoms with E-state index in [9.17, 15) is 10.1 Å². The van der Waals surface area contributed by atoms with Crippen molar-refractivity contribution in [2.75, 3.05) is 36.5 Å². The molecule has 0 unspecified atom stereocenters. The molecule has 104 valence electrons. The summed E-state index contributed by atoms with van der Waals surface area (Å²) in [4.78, 5) is 20.8. The maximum Gasteiger partial charge on any atom is 0.353 e. The molecule has 0 atom stereocenters. The van der Waals surface area contributed by atoms with E-state index < -0.39 is 4.92 Å². The van der Waals surface area contributed by atoms with Crippen molar-refractivity contribution in [1.29, 1.82) is 0 Å². The van der Waals surface area contributed by atoms with Gasteiger partial charge in [-0.15, -0.1) is 0 Å². The fourth-order valence-corrected chi connectivity index (χ4v) is 1.92. The number of anilines is 2. The zero-order valence-corrected chi connectivity index (χ0v) is 11.0. The van der Waals surface area contributed by atoms with Crippen molar-refractivity contribution in [3.63, 3.8) is 0 Å². The van der Waals surface area contributed by atoms with Crippen LogP contribution in [0.5, 0.6) is 0 Å². The molecule has 1 aliphatic rings. The molecule has 1 aromatic heterocycles. The number of hydrogen-bond acceptors (Lipinski definition) is 7. The second-order valence-corrected chi connectivity index (χ2v) is 4.55. The van der Waals surface area contributed by atoms with E-state index in [2.05, 4.69) is 15.3 Å². The van der Waals surface area contributed by atoms with E-state index in [0.717, 1.165) is 0 Å². The second-order valence-electron chi connectivity index (χ2n) is 4.55. The Kier molecular flexibility index (Phi) is 4.10. The van der Waals surface area contributed by atoms with Crippen LogP contribution in [-0.2, 0) is 4.74 Å². The molecule has 0 aliphatic carbocycles. The highest BCUT2D eigenvalue weighted by Gasteiger charge is 2.28. The first-order chi connectivity index (χ1) is 9.09. The number of ether oxygens (including phenoxy) is 1. The van der Waals surface area contributed by atoms with Crippen LogP contribution in [0.1, 0.15) is 13.8 Å². The Bertz CT molecular complexity index is 460. The summed E-state index contributed by atoms with van der Waals surface area (Å²) in [5.41, 5.74) is -0.0712. The Hall–Kier alpha value is -1.96. The Labute approximate surface area is 110 Å². The Morgan fingerprint density at radius 3 is 2.68 bits per heavy atom. The van der Waals surface area contributed by atoms with Crippen molar-refractivity contribution in [2.24, 2.45) is 0 Å². The van der Waals surface area contributed by atoms with Crippen LogP contribution < -0.4 is 10.2 Å². The minimum atomic E-state index is -0.435. The topological polar surface area (TPSA) is 93.4 Å². The molecule has 1 fully saturated rings. The molecule has 8 heteroatoms. The molecule has 2 heterocycles. The van der Waals surface area contributed by atoms with Crippen LogP contribution in [0, 0.1) is 10.1 Å². The summed E-state index contributed by atoms with van der Waals surface area (Å²) >= 11 is 0. The second kappa shape index (κ2) is 5.79. The summed E-state index contributed by atoms with van der Waals surface area (Å²) in [7, 11) is 0. The van der Waals surface area contributed by atoms with Gasteiger partial charge in [0, 0.05) is 19.1 Å². The average molecular weight is 267 g/mol. The minimum absolute atomic E-state index is 0.0612. The van der Waals surface area contributed by atoms with Gasteiger partial charge in [-0.25, -0.2) is 9.97 Å². The monoisotopic (exact) mass is 267 g/mol. The first-order valence-electron chi connectivity index (χ1n) is 6.18. The maximum atomic E-state index is 11.3. The van der Waals surface area contributed by atoms with Gasteiger partial charge in [0.25, 0.3) is 0 Å². The summed E-state index contributed by atoms with van der Waals surface area (Å²) in [6.07, 6.45) is 1.35. The minimum Gasteiger partial charge on any atom is -0.378 e. The number of nitro groups is 1. The highest BCUT2D eigenvalue weighted by atomic mass is 16.6.